The lowest BCUT2D eigenvalue weighted by atomic mass is 10.1. The molecule has 0 amide bonds. The lowest BCUT2D eigenvalue weighted by Gasteiger charge is -2.26. The molecule has 2 unspecified atom stereocenters. The molecule has 1 fully saturated rings. The van der Waals surface area contributed by atoms with Gasteiger partial charge >= 0.3 is 0 Å². The van der Waals surface area contributed by atoms with E-state index in [9.17, 15) is 5.11 Å². The maximum Gasteiger partial charge on any atom is 0.111 e. The van der Waals surface area contributed by atoms with Crippen molar-refractivity contribution in [2.75, 3.05) is 19.8 Å². The minimum Gasteiger partial charge on any atom is -0.390 e. The van der Waals surface area contributed by atoms with Crippen LogP contribution in [0.4, 0.5) is 0 Å². The van der Waals surface area contributed by atoms with Crippen molar-refractivity contribution in [3.63, 3.8) is 0 Å². The molecule has 5 nitrogen and oxygen atoms in total. The van der Waals surface area contributed by atoms with E-state index in [1.807, 2.05) is 17.8 Å². The Morgan fingerprint density at radius 1 is 1.67 bits per heavy atom. The SMILES string of the molecule is Cn1ccnc1CC(O)C1COCCO1. The van der Waals surface area contributed by atoms with Gasteiger partial charge in [0.15, 0.2) is 0 Å². The molecule has 1 aromatic rings. The summed E-state index contributed by atoms with van der Waals surface area (Å²) in [6.07, 6.45) is 3.31. The highest BCUT2D eigenvalue weighted by Crippen LogP contribution is 2.10. The first-order valence-electron chi connectivity index (χ1n) is 5.11. The van der Waals surface area contributed by atoms with Gasteiger partial charge in [-0.15, -0.1) is 0 Å². The highest BCUT2D eigenvalue weighted by Gasteiger charge is 2.24. The molecule has 1 aliphatic rings. The molecule has 2 heterocycles. The van der Waals surface area contributed by atoms with Gasteiger partial charge in [-0.1, -0.05) is 0 Å². The Kier molecular flexibility index (Phi) is 3.35. The largest absolute Gasteiger partial charge is 0.390 e. The van der Waals surface area contributed by atoms with Gasteiger partial charge in [0.2, 0.25) is 0 Å². The van der Waals surface area contributed by atoms with Crippen molar-refractivity contribution in [3.8, 4) is 0 Å². The van der Waals surface area contributed by atoms with Crippen LogP contribution in [0, 0.1) is 0 Å². The summed E-state index contributed by atoms with van der Waals surface area (Å²) in [6, 6.07) is 0. The Bertz CT molecular complexity index is 307. The van der Waals surface area contributed by atoms with Crippen LogP contribution < -0.4 is 0 Å². The lowest BCUT2D eigenvalue weighted by Crippen LogP contribution is -2.39. The Labute approximate surface area is 88.6 Å². The number of hydrogen-bond acceptors (Lipinski definition) is 4. The highest BCUT2D eigenvalue weighted by atomic mass is 16.6. The maximum atomic E-state index is 9.91. The summed E-state index contributed by atoms with van der Waals surface area (Å²) in [4.78, 5) is 4.16. The molecular formula is C10H16N2O3. The number of aliphatic hydroxyl groups is 1. The Morgan fingerprint density at radius 2 is 2.53 bits per heavy atom. The number of aryl methyl sites for hydroxylation is 1. The van der Waals surface area contributed by atoms with E-state index in [1.165, 1.54) is 0 Å². The third kappa shape index (κ3) is 2.56. The minimum atomic E-state index is -0.550. The molecule has 84 valence electrons. The summed E-state index contributed by atoms with van der Waals surface area (Å²) in [5.74, 6) is 0.858. The van der Waals surface area contributed by atoms with Gasteiger partial charge in [-0.3, -0.25) is 0 Å². The zero-order chi connectivity index (χ0) is 10.7. The summed E-state index contributed by atoms with van der Waals surface area (Å²) in [6.45, 7) is 1.64. The highest BCUT2D eigenvalue weighted by molar-refractivity contribution is 4.94. The summed E-state index contributed by atoms with van der Waals surface area (Å²) in [5, 5.41) is 9.91. The maximum absolute atomic E-state index is 9.91. The normalized spacial score (nSPS) is 24.0. The monoisotopic (exact) mass is 212 g/mol. The van der Waals surface area contributed by atoms with Crippen molar-refractivity contribution in [1.82, 2.24) is 9.55 Å². The van der Waals surface area contributed by atoms with Gasteiger partial charge < -0.3 is 19.1 Å². The zero-order valence-corrected chi connectivity index (χ0v) is 8.80. The molecule has 2 atom stereocenters. The van der Waals surface area contributed by atoms with Gasteiger partial charge in [0.25, 0.3) is 0 Å². The summed E-state index contributed by atoms with van der Waals surface area (Å²) >= 11 is 0. The summed E-state index contributed by atoms with van der Waals surface area (Å²) in [7, 11) is 1.91. The number of aromatic nitrogens is 2. The van der Waals surface area contributed by atoms with Gasteiger partial charge in [0, 0.05) is 25.9 Å². The molecule has 1 saturated heterocycles. The van der Waals surface area contributed by atoms with E-state index >= 15 is 0 Å². The van der Waals surface area contributed by atoms with E-state index in [2.05, 4.69) is 4.98 Å². The fourth-order valence-electron chi connectivity index (χ4n) is 1.64. The molecule has 1 aromatic heterocycles. The van der Waals surface area contributed by atoms with Crippen LogP contribution >= 0.6 is 0 Å². The average molecular weight is 212 g/mol. The number of imidazole rings is 1. The average Bonchev–Trinajstić information content (AvgIpc) is 2.66. The first kappa shape index (κ1) is 10.6. The van der Waals surface area contributed by atoms with Crippen molar-refractivity contribution in [2.24, 2.45) is 7.05 Å². The third-order valence-corrected chi connectivity index (χ3v) is 2.58. The van der Waals surface area contributed by atoms with Crippen LogP contribution in [0.25, 0.3) is 0 Å². The van der Waals surface area contributed by atoms with Gasteiger partial charge in [-0.2, -0.15) is 0 Å². The number of hydrogen-bond donors (Lipinski definition) is 1. The van der Waals surface area contributed by atoms with Crippen LogP contribution in [0.1, 0.15) is 5.82 Å². The van der Waals surface area contributed by atoms with Gasteiger partial charge in [-0.05, 0) is 0 Å². The topological polar surface area (TPSA) is 56.5 Å². The molecule has 0 aromatic carbocycles. The molecule has 0 spiro atoms. The van der Waals surface area contributed by atoms with E-state index in [-0.39, 0.29) is 6.10 Å². The Balaban J connectivity index is 1.91. The van der Waals surface area contributed by atoms with E-state index < -0.39 is 6.10 Å². The summed E-state index contributed by atoms with van der Waals surface area (Å²) in [5.41, 5.74) is 0. The van der Waals surface area contributed by atoms with Gasteiger partial charge in [0.05, 0.1) is 25.9 Å². The third-order valence-electron chi connectivity index (χ3n) is 2.58. The second-order valence-electron chi connectivity index (χ2n) is 3.71. The van der Waals surface area contributed by atoms with Gasteiger partial charge in [0.1, 0.15) is 11.9 Å². The second-order valence-corrected chi connectivity index (χ2v) is 3.71. The molecule has 1 aliphatic heterocycles. The molecule has 0 saturated carbocycles. The van der Waals surface area contributed by atoms with Crippen LogP contribution in [0.5, 0.6) is 0 Å². The van der Waals surface area contributed by atoms with Crippen LogP contribution in [0.3, 0.4) is 0 Å². The first-order valence-corrected chi connectivity index (χ1v) is 5.11. The number of rotatable bonds is 3. The number of nitrogens with zero attached hydrogens (tertiary/aromatic N) is 2. The second kappa shape index (κ2) is 4.74. The number of aliphatic hydroxyl groups excluding tert-OH is 1. The van der Waals surface area contributed by atoms with E-state index in [0.29, 0.717) is 26.2 Å². The first-order chi connectivity index (χ1) is 7.27. The fourth-order valence-corrected chi connectivity index (χ4v) is 1.64. The predicted octanol–water partition coefficient (Wildman–Crippen LogP) is -0.261. The molecule has 2 rings (SSSR count). The molecule has 1 N–H and O–H groups in total. The van der Waals surface area contributed by atoms with E-state index in [1.54, 1.807) is 6.20 Å². The molecule has 0 bridgehead atoms. The molecule has 15 heavy (non-hydrogen) atoms. The van der Waals surface area contributed by atoms with Crippen molar-refractivity contribution in [3.05, 3.63) is 18.2 Å². The van der Waals surface area contributed by atoms with Crippen molar-refractivity contribution in [1.29, 1.82) is 0 Å². The van der Waals surface area contributed by atoms with Crippen LogP contribution in [-0.4, -0.2) is 46.7 Å². The standard InChI is InChI=1S/C10H16N2O3/c1-12-3-2-11-10(12)6-8(13)9-7-14-4-5-15-9/h2-3,8-9,13H,4-7H2,1H3. The summed E-state index contributed by atoms with van der Waals surface area (Å²) < 4.78 is 12.6. The van der Waals surface area contributed by atoms with Crippen LogP contribution in [0.15, 0.2) is 12.4 Å². The smallest absolute Gasteiger partial charge is 0.111 e. The Morgan fingerprint density at radius 3 is 3.13 bits per heavy atom. The molecule has 0 radical (unpaired) electrons. The van der Waals surface area contributed by atoms with Crippen LogP contribution in [0.2, 0.25) is 0 Å². The Hall–Kier alpha value is -0.910. The molecular weight excluding hydrogens is 196 g/mol. The lowest BCUT2D eigenvalue weighted by molar-refractivity contribution is -0.131. The van der Waals surface area contributed by atoms with Crippen molar-refractivity contribution in [2.45, 2.75) is 18.6 Å². The van der Waals surface area contributed by atoms with Crippen LogP contribution in [-0.2, 0) is 22.9 Å². The van der Waals surface area contributed by atoms with Crippen molar-refractivity contribution >= 4 is 0 Å². The van der Waals surface area contributed by atoms with E-state index in [0.717, 1.165) is 5.82 Å². The van der Waals surface area contributed by atoms with Gasteiger partial charge in [-0.25, -0.2) is 4.98 Å². The zero-order valence-electron chi connectivity index (χ0n) is 8.80. The molecule has 0 aliphatic carbocycles. The fraction of sp³-hybridized carbons (Fsp3) is 0.700. The predicted molar refractivity (Wildman–Crippen MR) is 53.5 cm³/mol. The minimum absolute atomic E-state index is 0.226. The quantitative estimate of drug-likeness (QED) is 0.750. The molecule has 5 heteroatoms. The number of ether oxygens (including phenoxy) is 2. The van der Waals surface area contributed by atoms with E-state index in [4.69, 9.17) is 9.47 Å². The van der Waals surface area contributed by atoms with Crippen molar-refractivity contribution < 1.29 is 14.6 Å².